The van der Waals surface area contributed by atoms with Gasteiger partial charge < -0.3 is 9.47 Å². The van der Waals surface area contributed by atoms with Crippen LogP contribution in [0.2, 0.25) is 0 Å². The Morgan fingerprint density at radius 2 is 1.53 bits per heavy atom. The van der Waals surface area contributed by atoms with E-state index in [1.54, 1.807) is 7.11 Å². The molecule has 1 saturated carbocycles. The molecule has 2 nitrogen and oxygen atoms in total. The third-order valence-electron chi connectivity index (χ3n) is 7.28. The van der Waals surface area contributed by atoms with Crippen LogP contribution < -0.4 is 4.74 Å². The minimum atomic E-state index is -0.0441. The molecule has 5 rings (SSSR count). The Bertz CT molecular complexity index is 1040. The first-order valence-electron chi connectivity index (χ1n) is 11.6. The number of hydrogen-bond acceptors (Lipinski definition) is 2. The van der Waals surface area contributed by atoms with Crippen LogP contribution >= 0.6 is 0 Å². The van der Waals surface area contributed by atoms with E-state index >= 15 is 0 Å². The highest BCUT2D eigenvalue weighted by molar-refractivity contribution is 5.47. The number of hydrogen-bond donors (Lipinski definition) is 0. The molecule has 2 atom stereocenters. The molecule has 0 amide bonds. The zero-order valence-electron chi connectivity index (χ0n) is 18.6. The van der Waals surface area contributed by atoms with Crippen LogP contribution in [0.15, 0.2) is 109 Å². The molecule has 162 valence electrons. The maximum Gasteiger partial charge on any atom is 0.118 e. The van der Waals surface area contributed by atoms with Crippen LogP contribution in [0.5, 0.6) is 5.75 Å². The van der Waals surface area contributed by atoms with E-state index in [1.807, 2.05) is 6.26 Å². The largest absolute Gasteiger partial charge is 0.497 e. The summed E-state index contributed by atoms with van der Waals surface area (Å²) in [4.78, 5) is 0. The van der Waals surface area contributed by atoms with Crippen molar-refractivity contribution in [1.82, 2.24) is 0 Å². The molecule has 0 bridgehead atoms. The molecule has 0 spiro atoms. The maximum atomic E-state index is 5.59. The fourth-order valence-electron chi connectivity index (χ4n) is 5.99. The summed E-state index contributed by atoms with van der Waals surface area (Å²) in [7, 11) is 1.73. The van der Waals surface area contributed by atoms with Crippen molar-refractivity contribution in [2.45, 2.75) is 31.1 Å². The maximum absolute atomic E-state index is 5.59. The van der Waals surface area contributed by atoms with Crippen LogP contribution in [-0.4, -0.2) is 13.7 Å². The number of rotatable bonds is 6. The van der Waals surface area contributed by atoms with E-state index in [-0.39, 0.29) is 11.3 Å². The Kier molecular flexibility index (Phi) is 5.85. The first-order chi connectivity index (χ1) is 15.8. The highest BCUT2D eigenvalue weighted by atomic mass is 16.5. The van der Waals surface area contributed by atoms with Crippen molar-refractivity contribution in [1.29, 1.82) is 0 Å². The van der Waals surface area contributed by atoms with Gasteiger partial charge in [-0.2, -0.15) is 0 Å². The highest BCUT2D eigenvalue weighted by Gasteiger charge is 2.52. The van der Waals surface area contributed by atoms with Crippen molar-refractivity contribution < 1.29 is 9.47 Å². The lowest BCUT2D eigenvalue weighted by atomic mass is 9.58. The molecule has 0 saturated heterocycles. The lowest BCUT2D eigenvalue weighted by molar-refractivity contribution is 0.253. The second-order valence-corrected chi connectivity index (χ2v) is 8.81. The van der Waals surface area contributed by atoms with Gasteiger partial charge in [-0.1, -0.05) is 79.2 Å². The fraction of sp³-hybridized carbons (Fsp3) is 0.267. The molecule has 1 aliphatic carbocycles. The van der Waals surface area contributed by atoms with Crippen LogP contribution in [0.1, 0.15) is 47.8 Å². The molecule has 2 heteroatoms. The topological polar surface area (TPSA) is 18.5 Å². The summed E-state index contributed by atoms with van der Waals surface area (Å²) in [5.41, 5.74) is 5.50. The van der Waals surface area contributed by atoms with E-state index in [9.17, 15) is 0 Å². The summed E-state index contributed by atoms with van der Waals surface area (Å²) in [5, 5.41) is 0. The van der Waals surface area contributed by atoms with E-state index in [1.165, 1.54) is 35.1 Å². The van der Waals surface area contributed by atoms with E-state index in [2.05, 4.69) is 97.1 Å². The number of benzene rings is 3. The zero-order valence-corrected chi connectivity index (χ0v) is 18.6. The Balaban J connectivity index is 1.73. The van der Waals surface area contributed by atoms with Gasteiger partial charge in [0.05, 0.1) is 13.4 Å². The monoisotopic (exact) mass is 422 g/mol. The van der Waals surface area contributed by atoms with Gasteiger partial charge in [-0.25, -0.2) is 0 Å². The second-order valence-electron chi connectivity index (χ2n) is 8.81. The van der Waals surface area contributed by atoms with Gasteiger partial charge in [-0.15, -0.1) is 0 Å². The molecular weight excluding hydrogens is 392 g/mol. The average Bonchev–Trinajstić information content (AvgIpc) is 3.32. The van der Waals surface area contributed by atoms with Gasteiger partial charge in [0.2, 0.25) is 0 Å². The van der Waals surface area contributed by atoms with Gasteiger partial charge in [0.15, 0.2) is 0 Å². The number of ether oxygens (including phenoxy) is 2. The molecule has 1 fully saturated rings. The molecule has 2 aliphatic rings. The van der Waals surface area contributed by atoms with Crippen molar-refractivity contribution in [3.8, 4) is 5.75 Å². The van der Waals surface area contributed by atoms with Gasteiger partial charge in [-0.05, 0) is 65.3 Å². The predicted octanol–water partition coefficient (Wildman–Crippen LogP) is 7.25. The lowest BCUT2D eigenvalue weighted by Gasteiger charge is -2.45. The smallest absolute Gasteiger partial charge is 0.118 e. The lowest BCUT2D eigenvalue weighted by Crippen LogP contribution is -2.35. The van der Waals surface area contributed by atoms with Crippen LogP contribution in [-0.2, 0) is 4.74 Å². The number of allylic oxidation sites excluding steroid dienone is 2. The van der Waals surface area contributed by atoms with Crippen molar-refractivity contribution in [3.63, 3.8) is 0 Å². The van der Waals surface area contributed by atoms with E-state index < -0.39 is 0 Å². The normalized spacial score (nSPS) is 22.4. The summed E-state index contributed by atoms with van der Waals surface area (Å²) >= 11 is 0. The Labute approximate surface area is 191 Å². The summed E-state index contributed by atoms with van der Waals surface area (Å²) < 4.78 is 11.0. The molecule has 3 aromatic rings. The Hall–Kier alpha value is -3.26. The first-order valence-corrected chi connectivity index (χ1v) is 11.6. The van der Waals surface area contributed by atoms with Crippen LogP contribution in [0, 0.1) is 5.41 Å². The van der Waals surface area contributed by atoms with Gasteiger partial charge >= 0.3 is 0 Å². The molecule has 2 unspecified atom stereocenters. The highest BCUT2D eigenvalue weighted by Crippen LogP contribution is 2.63. The van der Waals surface area contributed by atoms with Crippen LogP contribution in [0.25, 0.3) is 0 Å². The molecule has 32 heavy (non-hydrogen) atoms. The quantitative estimate of drug-likeness (QED) is 0.416. The van der Waals surface area contributed by atoms with E-state index in [4.69, 9.17) is 9.47 Å². The van der Waals surface area contributed by atoms with Crippen molar-refractivity contribution in [2.24, 2.45) is 5.41 Å². The molecule has 0 aromatic heterocycles. The minimum absolute atomic E-state index is 0.0441. The van der Waals surface area contributed by atoms with E-state index in [0.717, 1.165) is 12.2 Å². The van der Waals surface area contributed by atoms with Crippen LogP contribution in [0.4, 0.5) is 0 Å². The summed E-state index contributed by atoms with van der Waals surface area (Å²) in [5.74, 6) is 1.58. The second kappa shape index (κ2) is 9.08. The molecule has 1 aliphatic heterocycles. The first kappa shape index (κ1) is 20.6. The van der Waals surface area contributed by atoms with Gasteiger partial charge in [-0.3, -0.25) is 0 Å². The van der Waals surface area contributed by atoms with Crippen LogP contribution in [0.3, 0.4) is 0 Å². The number of methoxy groups -OCH3 is 1. The molecular formula is C30H30O2. The van der Waals surface area contributed by atoms with Gasteiger partial charge in [0.25, 0.3) is 0 Å². The zero-order chi connectivity index (χ0) is 21.8. The minimum Gasteiger partial charge on any atom is -0.497 e. The average molecular weight is 423 g/mol. The molecule has 3 aromatic carbocycles. The van der Waals surface area contributed by atoms with Gasteiger partial charge in [0.1, 0.15) is 12.4 Å². The van der Waals surface area contributed by atoms with E-state index in [0.29, 0.717) is 12.5 Å². The summed E-state index contributed by atoms with van der Waals surface area (Å²) in [6.45, 7) is 0.638. The third-order valence-corrected chi connectivity index (χ3v) is 7.28. The van der Waals surface area contributed by atoms with Gasteiger partial charge in [0, 0.05) is 11.3 Å². The van der Waals surface area contributed by atoms with Crippen molar-refractivity contribution in [2.75, 3.05) is 13.7 Å². The summed E-state index contributed by atoms with van der Waals surface area (Å²) in [6.07, 6.45) is 9.93. The Morgan fingerprint density at radius 1 is 0.875 bits per heavy atom. The van der Waals surface area contributed by atoms with Crippen molar-refractivity contribution >= 4 is 0 Å². The predicted molar refractivity (Wildman–Crippen MR) is 130 cm³/mol. The standard InChI is InChI=1S/C30H30O2/c1-31-27-16-14-23(15-17-27)28-13-8-20-30(28,26-18-21-32-22-19-26)29(24-9-4-2-5-10-24)25-11-6-3-7-12-25/h2-7,9-12,14-19,21,28-29H,8,13,20,22H2,1H3. The fourth-order valence-corrected chi connectivity index (χ4v) is 5.99. The van der Waals surface area contributed by atoms with Crippen molar-refractivity contribution in [3.05, 3.63) is 126 Å². The summed E-state index contributed by atoms with van der Waals surface area (Å²) in [6, 6.07) is 30.8. The molecule has 0 N–H and O–H groups in total. The SMILES string of the molecule is COc1ccc(C2CCCC2(C2=CCOC=C2)C(c2ccccc2)c2ccccc2)cc1. The Morgan fingerprint density at radius 3 is 2.09 bits per heavy atom. The molecule has 1 heterocycles. The third kappa shape index (κ3) is 3.64. The molecule has 0 radical (unpaired) electrons.